The van der Waals surface area contributed by atoms with E-state index in [1.807, 2.05) is 0 Å². The smallest absolute Gasteiger partial charge is 0.164 e. The Morgan fingerprint density at radius 2 is 1.48 bits per heavy atom. The van der Waals surface area contributed by atoms with Crippen molar-refractivity contribution in [1.82, 2.24) is 0 Å². The number of aryl methyl sites for hydroxylation is 1. The number of phenols is 3. The van der Waals surface area contributed by atoms with Crippen LogP contribution in [-0.4, -0.2) is 15.3 Å². The average Bonchev–Trinajstić information content (AvgIpc) is 3.31. The van der Waals surface area contributed by atoms with Crippen LogP contribution in [0.1, 0.15) is 103 Å². The van der Waals surface area contributed by atoms with Crippen molar-refractivity contribution in [2.24, 2.45) is 10.8 Å². The molecule has 0 saturated heterocycles. The first-order chi connectivity index (χ1) is 12.6. The lowest BCUT2D eigenvalue weighted by Crippen LogP contribution is -2.03. The standard InChI is InChI=1S/C24H40O3/c1-23(2,3)13-9-6-5-7-12-19-21(26)18(17-20(25)22(19)27)11-8-10-14-24(4)15-16-24/h17,25-27H,5-16H2,1-4H3. The maximum atomic E-state index is 10.6. The average molecular weight is 377 g/mol. The maximum Gasteiger partial charge on any atom is 0.164 e. The summed E-state index contributed by atoms with van der Waals surface area (Å²) in [5, 5.41) is 30.9. The van der Waals surface area contributed by atoms with Crippen molar-refractivity contribution in [2.45, 2.75) is 105 Å². The molecule has 0 unspecified atom stereocenters. The van der Waals surface area contributed by atoms with Crippen LogP contribution in [0.4, 0.5) is 0 Å². The van der Waals surface area contributed by atoms with Gasteiger partial charge in [0.1, 0.15) is 5.75 Å². The summed E-state index contributed by atoms with van der Waals surface area (Å²) in [5.41, 5.74) is 2.24. The van der Waals surface area contributed by atoms with Gasteiger partial charge in [0.2, 0.25) is 0 Å². The summed E-state index contributed by atoms with van der Waals surface area (Å²) in [7, 11) is 0. The highest BCUT2D eigenvalue weighted by Crippen LogP contribution is 2.49. The lowest BCUT2D eigenvalue weighted by Gasteiger charge is -2.17. The van der Waals surface area contributed by atoms with E-state index in [0.29, 0.717) is 22.8 Å². The first kappa shape index (κ1) is 21.9. The molecule has 1 fully saturated rings. The number of hydrogen-bond acceptors (Lipinski definition) is 3. The molecule has 3 nitrogen and oxygen atoms in total. The largest absolute Gasteiger partial charge is 0.507 e. The normalized spacial score (nSPS) is 15.9. The van der Waals surface area contributed by atoms with Crippen LogP contribution in [0.3, 0.4) is 0 Å². The van der Waals surface area contributed by atoms with Gasteiger partial charge in [0.25, 0.3) is 0 Å². The summed E-state index contributed by atoms with van der Waals surface area (Å²) in [5.74, 6) is -0.0475. The Balaban J connectivity index is 1.82. The molecule has 3 heteroatoms. The SMILES string of the molecule is CC(C)(C)CCCCCCc1c(O)c(O)cc(CCCCC2(C)CC2)c1O. The molecule has 0 atom stereocenters. The van der Waals surface area contributed by atoms with Gasteiger partial charge in [-0.15, -0.1) is 0 Å². The zero-order chi connectivity index (χ0) is 20.1. The Hall–Kier alpha value is -1.38. The van der Waals surface area contributed by atoms with Crippen LogP contribution < -0.4 is 0 Å². The van der Waals surface area contributed by atoms with Gasteiger partial charge in [0.05, 0.1) is 0 Å². The second kappa shape index (κ2) is 9.21. The van der Waals surface area contributed by atoms with Crippen LogP contribution in [0, 0.1) is 10.8 Å². The molecule has 1 aliphatic carbocycles. The lowest BCUT2D eigenvalue weighted by atomic mass is 9.89. The van der Waals surface area contributed by atoms with E-state index in [2.05, 4.69) is 27.7 Å². The Morgan fingerprint density at radius 1 is 0.852 bits per heavy atom. The van der Waals surface area contributed by atoms with Crippen LogP contribution in [0.25, 0.3) is 0 Å². The van der Waals surface area contributed by atoms with E-state index in [1.54, 1.807) is 0 Å². The number of phenolic OH excluding ortho intramolecular Hbond substituents is 3. The molecular weight excluding hydrogens is 336 g/mol. The number of aromatic hydroxyl groups is 3. The van der Waals surface area contributed by atoms with Gasteiger partial charge in [-0.2, -0.15) is 0 Å². The van der Waals surface area contributed by atoms with Crippen molar-refractivity contribution in [3.8, 4) is 17.2 Å². The predicted octanol–water partition coefficient (Wildman–Crippen LogP) is 6.86. The predicted molar refractivity (Wildman–Crippen MR) is 113 cm³/mol. The molecule has 0 radical (unpaired) electrons. The van der Waals surface area contributed by atoms with Crippen molar-refractivity contribution in [3.63, 3.8) is 0 Å². The molecule has 27 heavy (non-hydrogen) atoms. The molecule has 0 heterocycles. The summed E-state index contributed by atoms with van der Waals surface area (Å²) < 4.78 is 0. The van der Waals surface area contributed by atoms with Gasteiger partial charge in [-0.3, -0.25) is 0 Å². The van der Waals surface area contributed by atoms with Crippen molar-refractivity contribution in [2.75, 3.05) is 0 Å². The van der Waals surface area contributed by atoms with E-state index >= 15 is 0 Å². The summed E-state index contributed by atoms with van der Waals surface area (Å²) in [4.78, 5) is 0. The van der Waals surface area contributed by atoms with Crippen LogP contribution in [0.2, 0.25) is 0 Å². The molecule has 1 aromatic rings. The summed E-state index contributed by atoms with van der Waals surface area (Å²) in [6.07, 6.45) is 13.1. The summed E-state index contributed by atoms with van der Waals surface area (Å²) in [6, 6.07) is 1.54. The lowest BCUT2D eigenvalue weighted by molar-refractivity contribution is 0.356. The van der Waals surface area contributed by atoms with E-state index in [-0.39, 0.29) is 17.2 Å². The van der Waals surface area contributed by atoms with E-state index < -0.39 is 0 Å². The fourth-order valence-electron chi connectivity index (χ4n) is 3.83. The van der Waals surface area contributed by atoms with Gasteiger partial charge in [-0.05, 0) is 73.8 Å². The number of rotatable bonds is 11. The van der Waals surface area contributed by atoms with Gasteiger partial charge in [0, 0.05) is 5.56 Å². The number of unbranched alkanes of at least 4 members (excludes halogenated alkanes) is 4. The Labute approximate surface area is 165 Å². The van der Waals surface area contributed by atoms with Gasteiger partial charge in [0.15, 0.2) is 11.5 Å². The molecular formula is C24H40O3. The summed E-state index contributed by atoms with van der Waals surface area (Å²) in [6.45, 7) is 9.14. The minimum Gasteiger partial charge on any atom is -0.507 e. The van der Waals surface area contributed by atoms with Crippen LogP contribution in [0.15, 0.2) is 6.07 Å². The third kappa shape index (κ3) is 7.27. The monoisotopic (exact) mass is 376 g/mol. The number of benzene rings is 1. The molecule has 1 aliphatic rings. The Morgan fingerprint density at radius 3 is 2.11 bits per heavy atom. The molecule has 0 bridgehead atoms. The highest BCUT2D eigenvalue weighted by Gasteiger charge is 2.35. The molecule has 3 N–H and O–H groups in total. The molecule has 154 valence electrons. The van der Waals surface area contributed by atoms with Crippen molar-refractivity contribution < 1.29 is 15.3 Å². The molecule has 0 spiro atoms. The van der Waals surface area contributed by atoms with Gasteiger partial charge >= 0.3 is 0 Å². The van der Waals surface area contributed by atoms with E-state index in [1.165, 1.54) is 44.6 Å². The second-order valence-corrected chi connectivity index (χ2v) is 10.2. The summed E-state index contributed by atoms with van der Waals surface area (Å²) >= 11 is 0. The molecule has 1 aromatic carbocycles. The molecule has 0 aromatic heterocycles. The van der Waals surface area contributed by atoms with E-state index in [0.717, 1.165) is 37.7 Å². The van der Waals surface area contributed by atoms with Crippen LogP contribution in [-0.2, 0) is 12.8 Å². The van der Waals surface area contributed by atoms with Crippen LogP contribution in [0.5, 0.6) is 17.2 Å². The van der Waals surface area contributed by atoms with Crippen molar-refractivity contribution in [1.29, 1.82) is 0 Å². The zero-order valence-corrected chi connectivity index (χ0v) is 17.9. The second-order valence-electron chi connectivity index (χ2n) is 10.2. The topological polar surface area (TPSA) is 60.7 Å². The molecule has 1 saturated carbocycles. The number of hydrogen-bond donors (Lipinski definition) is 3. The van der Waals surface area contributed by atoms with Gasteiger partial charge < -0.3 is 15.3 Å². The highest BCUT2D eigenvalue weighted by atomic mass is 16.3. The van der Waals surface area contributed by atoms with E-state index in [4.69, 9.17) is 0 Å². The van der Waals surface area contributed by atoms with Gasteiger partial charge in [-0.25, -0.2) is 0 Å². The molecule has 2 rings (SSSR count). The van der Waals surface area contributed by atoms with Crippen molar-refractivity contribution in [3.05, 3.63) is 17.2 Å². The van der Waals surface area contributed by atoms with E-state index in [9.17, 15) is 15.3 Å². The third-order valence-corrected chi connectivity index (χ3v) is 6.11. The fourth-order valence-corrected chi connectivity index (χ4v) is 3.83. The maximum absolute atomic E-state index is 10.6. The minimum absolute atomic E-state index is 0.0975. The third-order valence-electron chi connectivity index (χ3n) is 6.11. The highest BCUT2D eigenvalue weighted by molar-refractivity contribution is 5.56. The quantitative estimate of drug-likeness (QED) is 0.225. The zero-order valence-electron chi connectivity index (χ0n) is 17.9. The first-order valence-corrected chi connectivity index (χ1v) is 10.9. The first-order valence-electron chi connectivity index (χ1n) is 10.9. The molecule has 0 amide bonds. The van der Waals surface area contributed by atoms with Gasteiger partial charge in [-0.1, -0.05) is 53.4 Å². The fraction of sp³-hybridized carbons (Fsp3) is 0.750. The molecule has 0 aliphatic heterocycles. The Bertz CT molecular complexity index is 609. The minimum atomic E-state index is -0.142. The van der Waals surface area contributed by atoms with Crippen LogP contribution >= 0.6 is 0 Å². The Kier molecular flexibility index (Phi) is 7.47. The van der Waals surface area contributed by atoms with Crippen molar-refractivity contribution >= 4 is 0 Å².